The van der Waals surface area contributed by atoms with Gasteiger partial charge >= 0.3 is 0 Å². The minimum Gasteiger partial charge on any atom is -0.354 e. The van der Waals surface area contributed by atoms with E-state index in [0.717, 1.165) is 32.1 Å². The molecule has 0 radical (unpaired) electrons. The van der Waals surface area contributed by atoms with Crippen molar-refractivity contribution in [3.05, 3.63) is 35.9 Å². The van der Waals surface area contributed by atoms with Crippen LogP contribution < -0.4 is 11.1 Å². The van der Waals surface area contributed by atoms with E-state index in [1.807, 2.05) is 18.2 Å². The predicted molar refractivity (Wildman–Crippen MR) is 68.5 cm³/mol. The Morgan fingerprint density at radius 3 is 2.53 bits per heavy atom. The molecule has 0 saturated heterocycles. The van der Waals surface area contributed by atoms with Crippen LogP contribution in [0.15, 0.2) is 30.3 Å². The Hall–Kier alpha value is -1.35. The maximum atomic E-state index is 11.9. The van der Waals surface area contributed by atoms with E-state index in [0.29, 0.717) is 6.54 Å². The smallest absolute Gasteiger partial charge is 0.240 e. The van der Waals surface area contributed by atoms with Crippen LogP contribution in [0.5, 0.6) is 0 Å². The first-order chi connectivity index (χ1) is 8.21. The highest BCUT2D eigenvalue weighted by atomic mass is 16.2. The van der Waals surface area contributed by atoms with Gasteiger partial charge in [-0.1, -0.05) is 43.2 Å². The second-order valence-electron chi connectivity index (χ2n) is 4.85. The topological polar surface area (TPSA) is 55.1 Å². The first-order valence-corrected chi connectivity index (χ1v) is 6.32. The van der Waals surface area contributed by atoms with Gasteiger partial charge in [-0.25, -0.2) is 0 Å². The van der Waals surface area contributed by atoms with E-state index < -0.39 is 5.54 Å². The van der Waals surface area contributed by atoms with Gasteiger partial charge in [0.1, 0.15) is 0 Å². The van der Waals surface area contributed by atoms with Crippen molar-refractivity contribution in [2.24, 2.45) is 5.73 Å². The zero-order valence-corrected chi connectivity index (χ0v) is 10.1. The van der Waals surface area contributed by atoms with Gasteiger partial charge in [-0.15, -0.1) is 0 Å². The van der Waals surface area contributed by atoms with Crippen molar-refractivity contribution < 1.29 is 4.79 Å². The summed E-state index contributed by atoms with van der Waals surface area (Å²) in [6.07, 6.45) is 4.65. The zero-order valence-electron chi connectivity index (χ0n) is 10.1. The highest BCUT2D eigenvalue weighted by Gasteiger charge is 2.36. The normalized spacial score (nSPS) is 17.9. The van der Waals surface area contributed by atoms with Gasteiger partial charge in [0, 0.05) is 6.54 Å². The van der Waals surface area contributed by atoms with Crippen molar-refractivity contribution in [2.45, 2.75) is 37.6 Å². The number of hydrogen-bond acceptors (Lipinski definition) is 2. The van der Waals surface area contributed by atoms with Crippen LogP contribution in [-0.4, -0.2) is 18.0 Å². The molecule has 0 aromatic heterocycles. The van der Waals surface area contributed by atoms with Gasteiger partial charge < -0.3 is 11.1 Å². The Morgan fingerprint density at radius 1 is 1.24 bits per heavy atom. The van der Waals surface area contributed by atoms with Crippen molar-refractivity contribution in [2.75, 3.05) is 6.54 Å². The molecule has 1 aromatic rings. The van der Waals surface area contributed by atoms with Crippen LogP contribution in [0.3, 0.4) is 0 Å². The number of rotatable bonds is 4. The van der Waals surface area contributed by atoms with E-state index in [2.05, 4.69) is 17.4 Å². The molecule has 0 unspecified atom stereocenters. The first kappa shape index (κ1) is 12.1. The molecule has 17 heavy (non-hydrogen) atoms. The van der Waals surface area contributed by atoms with E-state index in [-0.39, 0.29) is 5.91 Å². The average Bonchev–Trinajstić information content (AvgIpc) is 2.79. The monoisotopic (exact) mass is 232 g/mol. The SMILES string of the molecule is NC1(C(=O)NCCc2ccccc2)CCCC1. The van der Waals surface area contributed by atoms with Crippen molar-refractivity contribution in [1.82, 2.24) is 5.32 Å². The molecule has 1 aliphatic rings. The fraction of sp³-hybridized carbons (Fsp3) is 0.500. The quantitative estimate of drug-likeness (QED) is 0.828. The zero-order chi connectivity index (χ0) is 12.1. The first-order valence-electron chi connectivity index (χ1n) is 6.32. The maximum absolute atomic E-state index is 11.9. The Bertz CT molecular complexity index is 369. The van der Waals surface area contributed by atoms with Crippen LogP contribution in [0.25, 0.3) is 0 Å². The Morgan fingerprint density at radius 2 is 1.88 bits per heavy atom. The van der Waals surface area contributed by atoms with Crippen LogP contribution in [-0.2, 0) is 11.2 Å². The molecular formula is C14H20N2O. The van der Waals surface area contributed by atoms with Gasteiger partial charge in [-0.2, -0.15) is 0 Å². The lowest BCUT2D eigenvalue weighted by atomic mass is 9.98. The average molecular weight is 232 g/mol. The molecule has 1 aromatic carbocycles. The summed E-state index contributed by atoms with van der Waals surface area (Å²) in [7, 11) is 0. The second kappa shape index (κ2) is 5.32. The number of hydrogen-bond donors (Lipinski definition) is 2. The van der Waals surface area contributed by atoms with Crippen LogP contribution >= 0.6 is 0 Å². The molecule has 0 spiro atoms. The number of nitrogens with two attached hydrogens (primary N) is 1. The van der Waals surface area contributed by atoms with Gasteiger partial charge in [0.2, 0.25) is 5.91 Å². The van der Waals surface area contributed by atoms with Crippen LogP contribution in [0.2, 0.25) is 0 Å². The third-order valence-corrected chi connectivity index (χ3v) is 3.49. The summed E-state index contributed by atoms with van der Waals surface area (Å²) < 4.78 is 0. The van der Waals surface area contributed by atoms with E-state index in [1.54, 1.807) is 0 Å². The van der Waals surface area contributed by atoms with Crippen molar-refractivity contribution >= 4 is 5.91 Å². The van der Waals surface area contributed by atoms with E-state index in [4.69, 9.17) is 5.73 Å². The fourth-order valence-electron chi connectivity index (χ4n) is 2.37. The van der Waals surface area contributed by atoms with Gasteiger partial charge in [0.25, 0.3) is 0 Å². The van der Waals surface area contributed by atoms with Crippen LogP contribution in [0.4, 0.5) is 0 Å². The molecule has 3 N–H and O–H groups in total. The third-order valence-electron chi connectivity index (χ3n) is 3.49. The van der Waals surface area contributed by atoms with Crippen molar-refractivity contribution in [3.8, 4) is 0 Å². The highest BCUT2D eigenvalue weighted by molar-refractivity contribution is 5.86. The van der Waals surface area contributed by atoms with Gasteiger partial charge in [0.05, 0.1) is 5.54 Å². The summed E-state index contributed by atoms with van der Waals surface area (Å²) in [5.74, 6) is 0.0194. The molecule has 1 aliphatic carbocycles. The van der Waals surface area contributed by atoms with E-state index in [9.17, 15) is 4.79 Å². The molecule has 0 aliphatic heterocycles. The summed E-state index contributed by atoms with van der Waals surface area (Å²) in [6, 6.07) is 10.2. The molecule has 0 atom stereocenters. The molecule has 1 fully saturated rings. The summed E-state index contributed by atoms with van der Waals surface area (Å²) in [5.41, 5.74) is 6.71. The molecule has 0 bridgehead atoms. The number of carbonyl (C=O) groups is 1. The fourth-order valence-corrected chi connectivity index (χ4v) is 2.37. The Balaban J connectivity index is 1.77. The lowest BCUT2D eigenvalue weighted by Crippen LogP contribution is -2.52. The molecule has 2 rings (SSSR count). The van der Waals surface area contributed by atoms with E-state index in [1.165, 1.54) is 5.56 Å². The van der Waals surface area contributed by atoms with Crippen molar-refractivity contribution in [3.63, 3.8) is 0 Å². The molecule has 92 valence electrons. The Labute approximate surface area is 102 Å². The largest absolute Gasteiger partial charge is 0.354 e. The third kappa shape index (κ3) is 3.07. The van der Waals surface area contributed by atoms with Gasteiger partial charge in [0.15, 0.2) is 0 Å². The number of nitrogens with one attached hydrogen (secondary N) is 1. The molecule has 3 nitrogen and oxygen atoms in total. The van der Waals surface area contributed by atoms with Gasteiger partial charge in [-0.3, -0.25) is 4.79 Å². The summed E-state index contributed by atoms with van der Waals surface area (Å²) >= 11 is 0. The lowest BCUT2D eigenvalue weighted by Gasteiger charge is -2.22. The molecule has 1 amide bonds. The summed E-state index contributed by atoms with van der Waals surface area (Å²) in [5, 5.41) is 2.95. The molecule has 1 saturated carbocycles. The highest BCUT2D eigenvalue weighted by Crippen LogP contribution is 2.27. The van der Waals surface area contributed by atoms with E-state index >= 15 is 0 Å². The number of amides is 1. The number of carbonyl (C=O) groups excluding carboxylic acids is 1. The lowest BCUT2D eigenvalue weighted by molar-refractivity contribution is -0.126. The predicted octanol–water partition coefficient (Wildman–Crippen LogP) is 1.62. The molecular weight excluding hydrogens is 212 g/mol. The summed E-state index contributed by atoms with van der Waals surface area (Å²) in [4.78, 5) is 11.9. The van der Waals surface area contributed by atoms with Gasteiger partial charge in [-0.05, 0) is 24.8 Å². The maximum Gasteiger partial charge on any atom is 0.240 e. The van der Waals surface area contributed by atoms with Crippen LogP contribution in [0, 0.1) is 0 Å². The summed E-state index contributed by atoms with van der Waals surface area (Å²) in [6.45, 7) is 0.668. The second-order valence-corrected chi connectivity index (χ2v) is 4.85. The van der Waals surface area contributed by atoms with Crippen LogP contribution in [0.1, 0.15) is 31.2 Å². The molecule has 0 heterocycles. The van der Waals surface area contributed by atoms with Crippen molar-refractivity contribution in [1.29, 1.82) is 0 Å². The minimum atomic E-state index is -0.601. The molecule has 3 heteroatoms. The number of benzene rings is 1. The minimum absolute atomic E-state index is 0.0194. The Kier molecular flexibility index (Phi) is 3.79. The standard InChI is InChI=1S/C14H20N2O/c15-14(9-4-5-10-14)13(17)16-11-8-12-6-2-1-3-7-12/h1-3,6-7H,4-5,8-11,15H2,(H,16,17).